The van der Waals surface area contributed by atoms with Crippen LogP contribution in [0.1, 0.15) is 20.8 Å². The van der Waals surface area contributed by atoms with E-state index in [4.69, 9.17) is 38.9 Å². The third-order valence-corrected chi connectivity index (χ3v) is 8.50. The van der Waals surface area contributed by atoms with Gasteiger partial charge in [-0.1, -0.05) is 0 Å². The summed E-state index contributed by atoms with van der Waals surface area (Å²) in [6.07, 6.45) is -27.7. The lowest BCUT2D eigenvalue weighted by molar-refractivity contribution is -0.385. The van der Waals surface area contributed by atoms with Crippen molar-refractivity contribution in [3.05, 3.63) is 0 Å². The number of nitrogens with two attached hydrogens (primary N) is 1. The molecule has 12 N–H and O–H groups in total. The summed E-state index contributed by atoms with van der Waals surface area (Å²) in [5, 5.41) is 103. The van der Waals surface area contributed by atoms with Gasteiger partial charge in [-0.25, -0.2) is 0 Å². The first-order valence-electron chi connectivity index (χ1n) is 14.2. The van der Waals surface area contributed by atoms with E-state index in [0.29, 0.717) is 0 Å². The summed E-state index contributed by atoms with van der Waals surface area (Å²) in [4.78, 5) is 0. The summed E-state index contributed by atoms with van der Waals surface area (Å²) in [5.41, 5.74) is 6.38. The molecule has 4 rings (SSSR count). The van der Waals surface area contributed by atoms with Crippen LogP contribution in [0.25, 0.3) is 0 Å². The van der Waals surface area contributed by atoms with Gasteiger partial charge >= 0.3 is 0 Å². The molecule has 0 radical (unpaired) electrons. The van der Waals surface area contributed by atoms with Crippen molar-refractivity contribution in [3.8, 4) is 0 Å². The van der Waals surface area contributed by atoms with Crippen LogP contribution in [0.3, 0.4) is 0 Å². The molecule has 0 aromatic heterocycles. The Bertz CT molecular complexity index is 891. The number of ether oxygens (including phenoxy) is 7. The topological polar surface area (TPSA) is 293 Å². The van der Waals surface area contributed by atoms with Crippen LogP contribution >= 0.6 is 0 Å². The molecule has 13 unspecified atom stereocenters. The molecule has 20 atom stereocenters. The smallest absolute Gasteiger partial charge is 0.187 e. The monoisotopic (exact) mass is 631 g/mol. The van der Waals surface area contributed by atoms with E-state index in [9.17, 15) is 51.1 Å². The zero-order chi connectivity index (χ0) is 31.9. The van der Waals surface area contributed by atoms with Crippen LogP contribution in [0.2, 0.25) is 0 Å². The molecule has 4 aliphatic heterocycles. The van der Waals surface area contributed by atoms with Gasteiger partial charge in [0.05, 0.1) is 37.6 Å². The van der Waals surface area contributed by atoms with Crippen LogP contribution in [0, 0.1) is 0 Å². The molecule has 0 bridgehead atoms. The minimum atomic E-state index is -1.82. The second-order valence-electron chi connectivity index (χ2n) is 11.5. The molecule has 43 heavy (non-hydrogen) atoms. The van der Waals surface area contributed by atoms with Crippen molar-refractivity contribution >= 4 is 0 Å². The van der Waals surface area contributed by atoms with Gasteiger partial charge in [-0.15, -0.1) is 0 Å². The summed E-state index contributed by atoms with van der Waals surface area (Å²) >= 11 is 0. The molecule has 0 saturated carbocycles. The van der Waals surface area contributed by atoms with Crippen molar-refractivity contribution in [1.29, 1.82) is 0 Å². The third-order valence-electron chi connectivity index (χ3n) is 8.50. The van der Waals surface area contributed by atoms with Gasteiger partial charge in [0.1, 0.15) is 79.4 Å². The first-order valence-corrected chi connectivity index (χ1v) is 14.2. The van der Waals surface area contributed by atoms with Crippen molar-refractivity contribution in [2.45, 2.75) is 143 Å². The van der Waals surface area contributed by atoms with Crippen molar-refractivity contribution in [1.82, 2.24) is 0 Å². The highest BCUT2D eigenvalue weighted by Gasteiger charge is 2.54. The molecule has 18 nitrogen and oxygen atoms in total. The van der Waals surface area contributed by atoms with Crippen LogP contribution in [-0.2, 0) is 33.2 Å². The van der Waals surface area contributed by atoms with Gasteiger partial charge in [-0.05, 0) is 20.8 Å². The molecule has 4 heterocycles. The van der Waals surface area contributed by atoms with Crippen molar-refractivity contribution < 1.29 is 84.2 Å². The molecular weight excluding hydrogens is 586 g/mol. The van der Waals surface area contributed by atoms with Gasteiger partial charge in [-0.3, -0.25) is 0 Å². The maximum Gasteiger partial charge on any atom is 0.187 e. The lowest BCUT2D eigenvalue weighted by Gasteiger charge is -2.50. The fourth-order valence-corrected chi connectivity index (χ4v) is 5.65. The molecule has 4 aliphatic rings. The van der Waals surface area contributed by atoms with E-state index in [2.05, 4.69) is 0 Å². The van der Waals surface area contributed by atoms with Crippen LogP contribution in [0.5, 0.6) is 0 Å². The molecule has 0 aromatic rings. The van der Waals surface area contributed by atoms with Crippen LogP contribution in [-0.4, -0.2) is 187 Å². The number of aliphatic hydroxyl groups is 10. The van der Waals surface area contributed by atoms with E-state index in [-0.39, 0.29) is 0 Å². The Labute approximate surface area is 247 Å². The largest absolute Gasteiger partial charge is 0.394 e. The number of aliphatic hydroxyl groups excluding tert-OH is 10. The first kappa shape index (κ1) is 35.1. The summed E-state index contributed by atoms with van der Waals surface area (Å²) in [6.45, 7) is 3.03. The van der Waals surface area contributed by atoms with Crippen LogP contribution in [0.4, 0.5) is 0 Å². The average Bonchev–Trinajstić information content (AvgIpc) is 2.98. The fourth-order valence-electron chi connectivity index (χ4n) is 5.65. The zero-order valence-corrected chi connectivity index (χ0v) is 23.9. The molecule has 0 aliphatic carbocycles. The summed E-state index contributed by atoms with van der Waals surface area (Å²) < 4.78 is 40.3. The van der Waals surface area contributed by atoms with Gasteiger partial charge in [0, 0.05) is 0 Å². The van der Waals surface area contributed by atoms with Crippen LogP contribution in [0.15, 0.2) is 0 Å². The highest BCUT2D eigenvalue weighted by atomic mass is 16.8. The van der Waals surface area contributed by atoms with E-state index >= 15 is 0 Å². The van der Waals surface area contributed by atoms with E-state index in [1.54, 1.807) is 6.92 Å². The summed E-state index contributed by atoms with van der Waals surface area (Å²) in [5.74, 6) is 0. The van der Waals surface area contributed by atoms with E-state index in [0.717, 1.165) is 0 Å². The quantitative estimate of drug-likeness (QED) is 0.119. The molecule has 4 saturated heterocycles. The predicted octanol–water partition coefficient (Wildman–Crippen LogP) is -6.66. The predicted molar refractivity (Wildman–Crippen MR) is 136 cm³/mol. The van der Waals surface area contributed by atoms with Gasteiger partial charge in [0.15, 0.2) is 18.9 Å². The molecule has 0 aromatic carbocycles. The summed E-state index contributed by atoms with van der Waals surface area (Å²) in [7, 11) is 0. The Balaban J connectivity index is 1.62. The van der Waals surface area contributed by atoms with Gasteiger partial charge in [0.2, 0.25) is 0 Å². The van der Waals surface area contributed by atoms with Crippen LogP contribution < -0.4 is 5.73 Å². The normalized spacial score (nSPS) is 54.8. The Hall–Kier alpha value is -0.720. The molecule has 0 spiro atoms. The number of hydrogen-bond donors (Lipinski definition) is 11. The lowest BCUT2D eigenvalue weighted by Crippen LogP contribution is -2.68. The minimum Gasteiger partial charge on any atom is -0.394 e. The SMILES string of the molecule is CC1OC(CO)[C@H](O[C@@H]2OC(CO)[C@H](O)C(O)C2O[C@@H]2OC(C)[C@@H](O)C(O)C2O)C(O[C@@H]2OC(C)[C@@H](O)C(O)C2O)C1N. The van der Waals surface area contributed by atoms with Gasteiger partial charge in [0.25, 0.3) is 0 Å². The highest BCUT2D eigenvalue weighted by Crippen LogP contribution is 2.34. The second-order valence-corrected chi connectivity index (χ2v) is 11.5. The maximum absolute atomic E-state index is 11.0. The summed E-state index contributed by atoms with van der Waals surface area (Å²) in [6, 6.07) is -1.00. The molecular formula is C25H45NO17. The van der Waals surface area contributed by atoms with Gasteiger partial charge in [-0.2, -0.15) is 0 Å². The molecule has 18 heteroatoms. The van der Waals surface area contributed by atoms with Gasteiger partial charge < -0.3 is 90.0 Å². The molecule has 252 valence electrons. The Morgan fingerprint density at radius 1 is 0.465 bits per heavy atom. The molecule has 0 amide bonds. The second kappa shape index (κ2) is 14.4. The minimum absolute atomic E-state index is 0.647. The zero-order valence-electron chi connectivity index (χ0n) is 23.9. The lowest BCUT2D eigenvalue weighted by atomic mass is 9.92. The third kappa shape index (κ3) is 7.02. The first-order chi connectivity index (χ1) is 20.2. The average molecular weight is 632 g/mol. The Morgan fingerprint density at radius 2 is 0.930 bits per heavy atom. The fraction of sp³-hybridized carbons (Fsp3) is 1.00. The van der Waals surface area contributed by atoms with Crippen molar-refractivity contribution in [3.63, 3.8) is 0 Å². The number of hydrogen-bond acceptors (Lipinski definition) is 18. The van der Waals surface area contributed by atoms with Crippen molar-refractivity contribution in [2.75, 3.05) is 13.2 Å². The standard InChI is InChI=1S/C25H45NO17/c1-6-11(26)21(42-23-18(35)15(32)12(29)7(2)38-23)20(10(5-28)37-6)41-25-22(17(34)14(31)9(4-27)40-25)43-24-19(36)16(33)13(30)8(3)39-24/h6-25,27-36H,4-5,26H2,1-3H3/t6?,7?,8?,9?,10?,11?,12-,13-,14+,15?,16?,17?,18?,19?,20+,21?,22?,23+,24+,25+/m1/s1. The molecule has 4 fully saturated rings. The Morgan fingerprint density at radius 3 is 1.42 bits per heavy atom. The Kier molecular flexibility index (Phi) is 11.7. The number of rotatable bonds is 8. The van der Waals surface area contributed by atoms with E-state index in [1.807, 2.05) is 0 Å². The van der Waals surface area contributed by atoms with Crippen molar-refractivity contribution in [2.24, 2.45) is 5.73 Å². The maximum atomic E-state index is 11.0. The van der Waals surface area contributed by atoms with E-state index in [1.165, 1.54) is 13.8 Å². The van der Waals surface area contributed by atoms with E-state index < -0.39 is 136 Å². The highest BCUT2D eigenvalue weighted by molar-refractivity contribution is 4.99.